The zero-order valence-electron chi connectivity index (χ0n) is 13.2. The number of rotatable bonds is 5. The number of aromatic nitrogens is 1. The standard InChI is InChI=1S/C18H29N3/c1-3-7-16(8-4-1)11-12-19-17-9-10-18(20-15-17)21-13-5-2-6-14-21/h9-10,15-16,19H,1-8,11-14H2. The van der Waals surface area contributed by atoms with Crippen LogP contribution < -0.4 is 10.2 Å². The van der Waals surface area contributed by atoms with Crippen molar-refractivity contribution in [3.05, 3.63) is 18.3 Å². The summed E-state index contributed by atoms with van der Waals surface area (Å²) in [6.07, 6.45) is 14.5. The fourth-order valence-electron chi connectivity index (χ4n) is 3.70. The number of piperidine rings is 1. The Morgan fingerprint density at radius 3 is 2.48 bits per heavy atom. The summed E-state index contributed by atoms with van der Waals surface area (Å²) in [7, 11) is 0. The summed E-state index contributed by atoms with van der Waals surface area (Å²) in [6.45, 7) is 3.43. The van der Waals surface area contributed by atoms with Gasteiger partial charge < -0.3 is 10.2 Å². The van der Waals surface area contributed by atoms with E-state index in [1.807, 2.05) is 6.20 Å². The molecule has 1 aliphatic carbocycles. The van der Waals surface area contributed by atoms with E-state index in [0.29, 0.717) is 0 Å². The van der Waals surface area contributed by atoms with E-state index >= 15 is 0 Å². The molecule has 0 bridgehead atoms. The number of pyridine rings is 1. The fraction of sp³-hybridized carbons (Fsp3) is 0.722. The summed E-state index contributed by atoms with van der Waals surface area (Å²) < 4.78 is 0. The zero-order chi connectivity index (χ0) is 14.3. The quantitative estimate of drug-likeness (QED) is 0.867. The van der Waals surface area contributed by atoms with Crippen molar-refractivity contribution in [3.63, 3.8) is 0 Å². The summed E-state index contributed by atoms with van der Waals surface area (Å²) >= 11 is 0. The molecule has 2 heterocycles. The monoisotopic (exact) mass is 287 g/mol. The van der Waals surface area contributed by atoms with Gasteiger partial charge in [0.25, 0.3) is 0 Å². The molecule has 0 aromatic carbocycles. The Bertz CT molecular complexity index is 403. The minimum Gasteiger partial charge on any atom is -0.384 e. The predicted octanol–water partition coefficient (Wildman–Crippen LogP) is 4.45. The van der Waals surface area contributed by atoms with Crippen LogP contribution in [0.1, 0.15) is 57.8 Å². The highest BCUT2D eigenvalue weighted by atomic mass is 15.2. The van der Waals surface area contributed by atoms with Crippen molar-refractivity contribution < 1.29 is 0 Å². The van der Waals surface area contributed by atoms with E-state index < -0.39 is 0 Å². The summed E-state index contributed by atoms with van der Waals surface area (Å²) in [5, 5.41) is 3.54. The van der Waals surface area contributed by atoms with Crippen molar-refractivity contribution in [2.75, 3.05) is 29.9 Å². The van der Waals surface area contributed by atoms with Gasteiger partial charge in [0.2, 0.25) is 0 Å². The maximum Gasteiger partial charge on any atom is 0.128 e. The maximum absolute atomic E-state index is 4.63. The highest BCUT2D eigenvalue weighted by molar-refractivity contribution is 5.48. The van der Waals surface area contributed by atoms with Gasteiger partial charge in [-0.2, -0.15) is 0 Å². The lowest BCUT2D eigenvalue weighted by Crippen LogP contribution is -2.30. The second-order valence-electron chi connectivity index (χ2n) is 6.67. The van der Waals surface area contributed by atoms with Crippen molar-refractivity contribution >= 4 is 11.5 Å². The lowest BCUT2D eigenvalue weighted by Gasteiger charge is -2.27. The Labute approximate surface area is 129 Å². The molecule has 1 saturated carbocycles. The molecule has 1 aromatic rings. The summed E-state index contributed by atoms with van der Waals surface area (Å²) in [6, 6.07) is 4.37. The van der Waals surface area contributed by atoms with Crippen molar-refractivity contribution in [1.29, 1.82) is 0 Å². The smallest absolute Gasteiger partial charge is 0.128 e. The van der Waals surface area contributed by atoms with Crippen LogP contribution in [-0.4, -0.2) is 24.6 Å². The SMILES string of the molecule is c1cc(N2CCCCC2)ncc1NCCC1CCCCC1. The first kappa shape index (κ1) is 14.7. The largest absolute Gasteiger partial charge is 0.384 e. The van der Waals surface area contributed by atoms with E-state index in [1.54, 1.807) is 0 Å². The molecule has 0 atom stereocenters. The minimum atomic E-state index is 0.951. The van der Waals surface area contributed by atoms with E-state index in [-0.39, 0.29) is 0 Å². The lowest BCUT2D eigenvalue weighted by atomic mass is 9.87. The van der Waals surface area contributed by atoms with E-state index in [9.17, 15) is 0 Å². The summed E-state index contributed by atoms with van der Waals surface area (Å²) in [4.78, 5) is 7.04. The Morgan fingerprint density at radius 2 is 1.76 bits per heavy atom. The predicted molar refractivity (Wildman–Crippen MR) is 90.0 cm³/mol. The molecule has 0 unspecified atom stereocenters. The van der Waals surface area contributed by atoms with Gasteiger partial charge in [0, 0.05) is 19.6 Å². The average molecular weight is 287 g/mol. The molecule has 0 spiro atoms. The number of nitrogens with one attached hydrogen (secondary N) is 1. The van der Waals surface area contributed by atoms with Gasteiger partial charge in [-0.05, 0) is 43.7 Å². The molecule has 116 valence electrons. The zero-order valence-corrected chi connectivity index (χ0v) is 13.2. The third kappa shape index (κ3) is 4.36. The van der Waals surface area contributed by atoms with Gasteiger partial charge in [-0.15, -0.1) is 0 Å². The molecule has 3 rings (SSSR count). The van der Waals surface area contributed by atoms with Gasteiger partial charge in [0.1, 0.15) is 5.82 Å². The van der Waals surface area contributed by atoms with Crippen LogP contribution in [0.2, 0.25) is 0 Å². The number of nitrogens with zero attached hydrogens (tertiary/aromatic N) is 2. The molecule has 1 aliphatic heterocycles. The van der Waals surface area contributed by atoms with Crippen LogP contribution >= 0.6 is 0 Å². The van der Waals surface area contributed by atoms with E-state index in [4.69, 9.17) is 0 Å². The van der Waals surface area contributed by atoms with Gasteiger partial charge in [-0.1, -0.05) is 32.1 Å². The van der Waals surface area contributed by atoms with Gasteiger partial charge in [-0.25, -0.2) is 4.98 Å². The second-order valence-corrected chi connectivity index (χ2v) is 6.67. The van der Waals surface area contributed by atoms with Crippen LogP contribution in [0.3, 0.4) is 0 Å². The van der Waals surface area contributed by atoms with Crippen molar-refractivity contribution in [1.82, 2.24) is 4.98 Å². The fourth-order valence-corrected chi connectivity index (χ4v) is 3.70. The van der Waals surface area contributed by atoms with Crippen LogP contribution in [0.25, 0.3) is 0 Å². The first-order chi connectivity index (χ1) is 10.4. The minimum absolute atomic E-state index is 0.951. The van der Waals surface area contributed by atoms with Gasteiger partial charge in [-0.3, -0.25) is 0 Å². The molecule has 3 heteroatoms. The molecule has 2 fully saturated rings. The first-order valence-electron chi connectivity index (χ1n) is 8.87. The Morgan fingerprint density at radius 1 is 1.00 bits per heavy atom. The molecule has 21 heavy (non-hydrogen) atoms. The van der Waals surface area contributed by atoms with Crippen molar-refractivity contribution in [2.45, 2.75) is 57.8 Å². The summed E-state index contributed by atoms with van der Waals surface area (Å²) in [5.74, 6) is 2.10. The van der Waals surface area contributed by atoms with Crippen molar-refractivity contribution in [3.8, 4) is 0 Å². The topological polar surface area (TPSA) is 28.2 Å². The maximum atomic E-state index is 4.63. The first-order valence-corrected chi connectivity index (χ1v) is 8.87. The second kappa shape index (κ2) is 7.67. The van der Waals surface area contributed by atoms with Gasteiger partial charge >= 0.3 is 0 Å². The van der Waals surface area contributed by atoms with Gasteiger partial charge in [0.15, 0.2) is 0 Å². The average Bonchev–Trinajstić information content (AvgIpc) is 2.57. The summed E-state index contributed by atoms with van der Waals surface area (Å²) in [5.41, 5.74) is 1.17. The molecular weight excluding hydrogens is 258 g/mol. The molecule has 3 nitrogen and oxygen atoms in total. The van der Waals surface area contributed by atoms with E-state index in [1.165, 1.54) is 76.6 Å². The van der Waals surface area contributed by atoms with Crippen LogP contribution in [0.5, 0.6) is 0 Å². The molecule has 1 aromatic heterocycles. The Hall–Kier alpha value is -1.25. The molecule has 1 N–H and O–H groups in total. The lowest BCUT2D eigenvalue weighted by molar-refractivity contribution is 0.345. The molecule has 0 amide bonds. The molecule has 0 radical (unpaired) electrons. The third-order valence-corrected chi connectivity index (χ3v) is 5.03. The third-order valence-electron chi connectivity index (χ3n) is 5.03. The van der Waals surface area contributed by atoms with E-state index in [0.717, 1.165) is 18.3 Å². The number of hydrogen-bond donors (Lipinski definition) is 1. The van der Waals surface area contributed by atoms with Crippen LogP contribution in [-0.2, 0) is 0 Å². The highest BCUT2D eigenvalue weighted by Gasteiger charge is 2.13. The normalized spacial score (nSPS) is 20.5. The molecule has 1 saturated heterocycles. The highest BCUT2D eigenvalue weighted by Crippen LogP contribution is 2.26. The molecule has 2 aliphatic rings. The Kier molecular flexibility index (Phi) is 5.36. The Balaban J connectivity index is 1.43. The van der Waals surface area contributed by atoms with Crippen LogP contribution in [0.15, 0.2) is 18.3 Å². The van der Waals surface area contributed by atoms with Crippen LogP contribution in [0.4, 0.5) is 11.5 Å². The van der Waals surface area contributed by atoms with Gasteiger partial charge in [0.05, 0.1) is 11.9 Å². The number of hydrogen-bond acceptors (Lipinski definition) is 3. The van der Waals surface area contributed by atoms with Crippen LogP contribution in [0, 0.1) is 5.92 Å². The number of anilines is 2. The van der Waals surface area contributed by atoms with Crippen molar-refractivity contribution in [2.24, 2.45) is 5.92 Å². The van der Waals surface area contributed by atoms with E-state index in [2.05, 4.69) is 27.3 Å². The molecular formula is C18H29N3.